The zero-order valence-electron chi connectivity index (χ0n) is 6.73. The van der Waals surface area contributed by atoms with E-state index >= 15 is 0 Å². The Bertz CT molecular complexity index is 148. The Balaban J connectivity index is 0.00000121. The summed E-state index contributed by atoms with van der Waals surface area (Å²) in [5, 5.41) is 8.46. The van der Waals surface area contributed by atoms with Gasteiger partial charge in [-0.3, -0.25) is 4.79 Å². The smallest absolute Gasteiger partial charge is 0.320 e. The van der Waals surface area contributed by atoms with Crippen LogP contribution in [-0.2, 0) is 9.53 Å². The summed E-state index contributed by atoms with van der Waals surface area (Å²) >= 11 is 0. The summed E-state index contributed by atoms with van der Waals surface area (Å²) < 4.78 is 5.23. The second-order valence-electron chi connectivity index (χ2n) is 2.82. The van der Waals surface area contributed by atoms with Gasteiger partial charge in [0.05, 0.1) is 6.10 Å². The van der Waals surface area contributed by atoms with E-state index in [0.717, 1.165) is 19.4 Å². The highest BCUT2D eigenvalue weighted by Gasteiger charge is 2.21. The fourth-order valence-corrected chi connectivity index (χ4v) is 1.21. The third-order valence-electron chi connectivity index (χ3n) is 1.86. The van der Waals surface area contributed by atoms with Crippen LogP contribution in [0.15, 0.2) is 0 Å². The van der Waals surface area contributed by atoms with Crippen LogP contribution in [0.4, 0.5) is 0 Å². The summed E-state index contributed by atoms with van der Waals surface area (Å²) in [6, 6.07) is -0.766. The molecule has 12 heavy (non-hydrogen) atoms. The highest BCUT2D eigenvalue weighted by Crippen LogP contribution is 2.16. The van der Waals surface area contributed by atoms with Gasteiger partial charge in [-0.2, -0.15) is 0 Å². The fraction of sp³-hybridized carbons (Fsp3) is 0.857. The van der Waals surface area contributed by atoms with E-state index in [4.69, 9.17) is 15.6 Å². The van der Waals surface area contributed by atoms with Crippen molar-refractivity contribution in [1.82, 2.24) is 0 Å². The molecule has 4 nitrogen and oxygen atoms in total. The normalized spacial score (nSPS) is 24.6. The minimum absolute atomic E-state index is 0. The van der Waals surface area contributed by atoms with Crippen LogP contribution < -0.4 is 5.73 Å². The van der Waals surface area contributed by atoms with E-state index in [1.54, 1.807) is 0 Å². The predicted octanol–water partition coefficient (Wildman–Crippen LogP) is 0.389. The number of hydrogen-bond donors (Lipinski definition) is 2. The van der Waals surface area contributed by atoms with Crippen molar-refractivity contribution in [3.8, 4) is 0 Å². The maximum Gasteiger partial charge on any atom is 0.320 e. The van der Waals surface area contributed by atoms with E-state index in [1.807, 2.05) is 0 Å². The number of carboxylic acid groups (broad SMARTS) is 1. The molecular weight excluding hydrogens is 182 g/mol. The zero-order valence-corrected chi connectivity index (χ0v) is 7.55. The molecule has 3 N–H and O–H groups in total. The first-order chi connectivity index (χ1) is 5.20. The number of halogens is 1. The SMILES string of the molecule is Cl.N[C@@H](C[C@H]1CCCO1)C(=O)O. The molecule has 0 bridgehead atoms. The number of carboxylic acids is 1. The van der Waals surface area contributed by atoms with Gasteiger partial charge in [-0.1, -0.05) is 0 Å². The molecule has 0 radical (unpaired) electrons. The van der Waals surface area contributed by atoms with Crippen molar-refractivity contribution in [2.24, 2.45) is 5.73 Å². The maximum atomic E-state index is 10.3. The first-order valence-corrected chi connectivity index (χ1v) is 3.80. The fourth-order valence-electron chi connectivity index (χ4n) is 1.21. The summed E-state index contributed by atoms with van der Waals surface area (Å²) in [5.74, 6) is -0.944. The molecule has 0 spiro atoms. The quantitative estimate of drug-likeness (QED) is 0.684. The number of hydrogen-bond acceptors (Lipinski definition) is 3. The number of nitrogens with two attached hydrogens (primary N) is 1. The van der Waals surface area contributed by atoms with Crippen LogP contribution in [0.3, 0.4) is 0 Å². The molecule has 1 aliphatic heterocycles. The van der Waals surface area contributed by atoms with Crippen molar-refractivity contribution < 1.29 is 14.6 Å². The minimum Gasteiger partial charge on any atom is -0.480 e. The van der Waals surface area contributed by atoms with E-state index in [2.05, 4.69) is 0 Å². The molecule has 1 saturated heterocycles. The summed E-state index contributed by atoms with van der Waals surface area (Å²) in [5.41, 5.74) is 5.32. The average molecular weight is 196 g/mol. The van der Waals surface area contributed by atoms with Crippen LogP contribution in [0.2, 0.25) is 0 Å². The molecule has 0 aromatic carbocycles. The Morgan fingerprint density at radius 2 is 2.42 bits per heavy atom. The maximum absolute atomic E-state index is 10.3. The van der Waals surface area contributed by atoms with Crippen LogP contribution in [0, 0.1) is 0 Å². The van der Waals surface area contributed by atoms with Crippen molar-refractivity contribution in [1.29, 1.82) is 0 Å². The molecule has 72 valence electrons. The second-order valence-corrected chi connectivity index (χ2v) is 2.82. The standard InChI is InChI=1S/C7H13NO3.ClH/c8-6(7(9)10)4-5-2-1-3-11-5;/h5-6H,1-4,8H2,(H,9,10);1H/t5-,6+;/m1./s1. The Hall–Kier alpha value is -0.320. The third kappa shape index (κ3) is 3.38. The second kappa shape index (κ2) is 5.35. The van der Waals surface area contributed by atoms with E-state index < -0.39 is 12.0 Å². The monoisotopic (exact) mass is 195 g/mol. The lowest BCUT2D eigenvalue weighted by molar-refractivity contribution is -0.139. The molecule has 0 aromatic heterocycles. The molecule has 0 unspecified atom stereocenters. The molecule has 0 saturated carbocycles. The zero-order chi connectivity index (χ0) is 8.27. The van der Waals surface area contributed by atoms with Crippen LogP contribution in [-0.4, -0.2) is 29.8 Å². The molecule has 1 fully saturated rings. The summed E-state index contributed by atoms with van der Waals surface area (Å²) in [6.45, 7) is 0.747. The van der Waals surface area contributed by atoms with Crippen molar-refractivity contribution >= 4 is 18.4 Å². The third-order valence-corrected chi connectivity index (χ3v) is 1.86. The number of carbonyl (C=O) groups is 1. The molecule has 5 heteroatoms. The highest BCUT2D eigenvalue weighted by atomic mass is 35.5. The lowest BCUT2D eigenvalue weighted by Gasteiger charge is -2.11. The molecule has 2 atom stereocenters. The number of aliphatic carboxylic acids is 1. The van der Waals surface area contributed by atoms with E-state index in [1.165, 1.54) is 0 Å². The number of ether oxygens (including phenoxy) is 1. The van der Waals surface area contributed by atoms with Crippen LogP contribution in [0.5, 0.6) is 0 Å². The molecule has 0 amide bonds. The van der Waals surface area contributed by atoms with Crippen molar-refractivity contribution in [3.63, 3.8) is 0 Å². The Morgan fingerprint density at radius 3 is 2.83 bits per heavy atom. The molecule has 0 aliphatic carbocycles. The summed E-state index contributed by atoms with van der Waals surface area (Å²) in [4.78, 5) is 10.3. The first-order valence-electron chi connectivity index (χ1n) is 3.80. The van der Waals surface area contributed by atoms with Crippen molar-refractivity contribution in [2.45, 2.75) is 31.4 Å². The number of rotatable bonds is 3. The van der Waals surface area contributed by atoms with Gasteiger partial charge in [0.2, 0.25) is 0 Å². The molecular formula is C7H14ClNO3. The summed E-state index contributed by atoms with van der Waals surface area (Å²) in [6.07, 6.45) is 2.48. The topological polar surface area (TPSA) is 72.5 Å². The molecule has 1 rings (SSSR count). The van der Waals surface area contributed by atoms with Gasteiger partial charge in [0.1, 0.15) is 6.04 Å². The Labute approximate surface area is 77.5 Å². The molecule has 0 aromatic rings. The minimum atomic E-state index is -0.944. The summed E-state index contributed by atoms with van der Waals surface area (Å²) in [7, 11) is 0. The van der Waals surface area contributed by atoms with Gasteiger partial charge in [-0.15, -0.1) is 12.4 Å². The Kier molecular flexibility index (Phi) is 5.20. The van der Waals surface area contributed by atoms with Gasteiger partial charge in [0, 0.05) is 6.61 Å². The van der Waals surface area contributed by atoms with Crippen LogP contribution in [0.1, 0.15) is 19.3 Å². The van der Waals surface area contributed by atoms with Gasteiger partial charge in [-0.05, 0) is 19.3 Å². The van der Waals surface area contributed by atoms with Gasteiger partial charge in [0.25, 0.3) is 0 Å². The lowest BCUT2D eigenvalue weighted by atomic mass is 10.1. The van der Waals surface area contributed by atoms with Crippen LogP contribution >= 0.6 is 12.4 Å². The van der Waals surface area contributed by atoms with Crippen molar-refractivity contribution in [3.05, 3.63) is 0 Å². The first kappa shape index (κ1) is 11.7. The van der Waals surface area contributed by atoms with Gasteiger partial charge >= 0.3 is 5.97 Å². The Morgan fingerprint density at radius 1 is 1.75 bits per heavy atom. The average Bonchev–Trinajstić information content (AvgIpc) is 2.39. The van der Waals surface area contributed by atoms with Gasteiger partial charge < -0.3 is 15.6 Å². The van der Waals surface area contributed by atoms with E-state index in [9.17, 15) is 4.79 Å². The van der Waals surface area contributed by atoms with Crippen molar-refractivity contribution in [2.75, 3.05) is 6.61 Å². The van der Waals surface area contributed by atoms with E-state index in [-0.39, 0.29) is 18.5 Å². The van der Waals surface area contributed by atoms with E-state index in [0.29, 0.717) is 6.42 Å². The predicted molar refractivity (Wildman–Crippen MR) is 46.5 cm³/mol. The molecule has 1 heterocycles. The van der Waals surface area contributed by atoms with Gasteiger partial charge in [-0.25, -0.2) is 0 Å². The van der Waals surface area contributed by atoms with Gasteiger partial charge in [0.15, 0.2) is 0 Å². The molecule has 1 aliphatic rings. The lowest BCUT2D eigenvalue weighted by Crippen LogP contribution is -2.33. The highest BCUT2D eigenvalue weighted by molar-refractivity contribution is 5.85. The largest absolute Gasteiger partial charge is 0.480 e. The van der Waals surface area contributed by atoms with Crippen LogP contribution in [0.25, 0.3) is 0 Å².